The van der Waals surface area contributed by atoms with Crippen LogP contribution in [0.25, 0.3) is 5.65 Å². The van der Waals surface area contributed by atoms with Crippen LogP contribution in [0.5, 0.6) is 0 Å². The molecule has 7 rings (SSSR count). The predicted octanol–water partition coefficient (Wildman–Crippen LogP) is 3.16. The number of fused-ring (bicyclic) bond motifs is 1. The number of likely N-dealkylation sites (N-methyl/N-ethyl adjacent to an activating group) is 1. The number of imidazole rings is 1. The van der Waals surface area contributed by atoms with Gasteiger partial charge in [-0.1, -0.05) is 0 Å². The van der Waals surface area contributed by atoms with Crippen molar-refractivity contribution in [3.63, 3.8) is 0 Å². The van der Waals surface area contributed by atoms with Crippen molar-refractivity contribution in [3.8, 4) is 0 Å². The normalized spacial score (nSPS) is 20.0. The van der Waals surface area contributed by atoms with Crippen molar-refractivity contribution in [2.45, 2.75) is 51.5 Å². The van der Waals surface area contributed by atoms with Crippen molar-refractivity contribution < 1.29 is 14.4 Å². The molecule has 2 aliphatic carbocycles. The van der Waals surface area contributed by atoms with Crippen LogP contribution in [0.15, 0.2) is 36.9 Å². The Balaban J connectivity index is 1.05. The maximum atomic E-state index is 12.9. The number of urea groups is 1. The number of rotatable bonds is 8. The Labute approximate surface area is 241 Å². The van der Waals surface area contributed by atoms with Gasteiger partial charge in [0.25, 0.3) is 0 Å². The molecule has 2 atom stereocenters. The van der Waals surface area contributed by atoms with Gasteiger partial charge in [-0.25, -0.2) is 29.7 Å². The van der Waals surface area contributed by atoms with Crippen LogP contribution in [-0.4, -0.2) is 65.7 Å². The van der Waals surface area contributed by atoms with E-state index in [1.165, 1.54) is 18.3 Å². The standard InChI is InChI=1S/C29H30N10O3/c1-15-6-16(2)34-26(33-15)20-8-21(20)28(41)36-24-9-23(31-14-32-24)30-10-19-12-38-11-18(17-4-5-17)7-22(27(38)35-19)39-13-25(40)37(3)29(39)42/h6-7,9,11-12,14,17,20-21H,4-5,8,10,13H2,1-3H3,(H2,30,31,32,36,41). The molecule has 2 N–H and O–H groups in total. The smallest absolute Gasteiger partial charge is 0.331 e. The van der Waals surface area contributed by atoms with Gasteiger partial charge in [0.1, 0.15) is 30.3 Å². The summed E-state index contributed by atoms with van der Waals surface area (Å²) in [4.78, 5) is 62.8. The van der Waals surface area contributed by atoms with Gasteiger partial charge in [0, 0.05) is 48.7 Å². The minimum atomic E-state index is -0.355. The number of imide groups is 1. The molecule has 2 saturated carbocycles. The van der Waals surface area contributed by atoms with Crippen LogP contribution in [0.3, 0.4) is 0 Å². The monoisotopic (exact) mass is 566 g/mol. The molecule has 4 aromatic rings. The highest BCUT2D eigenvalue weighted by Crippen LogP contribution is 2.46. The third-order valence-corrected chi connectivity index (χ3v) is 7.96. The average molecular weight is 567 g/mol. The third-order valence-electron chi connectivity index (χ3n) is 7.96. The molecule has 13 heteroatoms. The fraction of sp³-hybridized carbons (Fsp3) is 0.379. The van der Waals surface area contributed by atoms with Crippen molar-refractivity contribution in [2.24, 2.45) is 5.92 Å². The summed E-state index contributed by atoms with van der Waals surface area (Å²) in [6.45, 7) is 4.20. The minimum Gasteiger partial charge on any atom is -0.364 e. The van der Waals surface area contributed by atoms with E-state index < -0.39 is 0 Å². The lowest BCUT2D eigenvalue weighted by Gasteiger charge is -2.17. The highest BCUT2D eigenvalue weighted by Gasteiger charge is 2.46. The maximum absolute atomic E-state index is 12.9. The van der Waals surface area contributed by atoms with E-state index in [0.29, 0.717) is 47.7 Å². The van der Waals surface area contributed by atoms with Gasteiger partial charge in [-0.15, -0.1) is 0 Å². The number of carbonyl (C=O) groups excluding carboxylic acids is 3. The predicted molar refractivity (Wildman–Crippen MR) is 153 cm³/mol. The van der Waals surface area contributed by atoms with Crippen LogP contribution in [-0.2, 0) is 16.1 Å². The molecule has 0 bridgehead atoms. The Kier molecular flexibility index (Phi) is 6.10. The summed E-state index contributed by atoms with van der Waals surface area (Å²) in [6, 6.07) is 5.23. The first-order chi connectivity index (χ1) is 20.2. The molecule has 5 heterocycles. The number of hydrogen-bond acceptors (Lipinski definition) is 9. The second-order valence-corrected chi connectivity index (χ2v) is 11.3. The third kappa shape index (κ3) is 4.91. The van der Waals surface area contributed by atoms with Crippen molar-refractivity contribution in [1.29, 1.82) is 0 Å². The first-order valence-corrected chi connectivity index (χ1v) is 14.0. The Hall–Kier alpha value is -4.94. The van der Waals surface area contributed by atoms with Crippen molar-refractivity contribution >= 4 is 40.8 Å². The molecule has 42 heavy (non-hydrogen) atoms. The molecular formula is C29H30N10O3. The second kappa shape index (κ2) is 9.86. The van der Waals surface area contributed by atoms with E-state index in [1.54, 1.807) is 6.07 Å². The molecule has 4 amide bonds. The van der Waals surface area contributed by atoms with Crippen LogP contribution in [0.1, 0.15) is 59.6 Å². The SMILES string of the molecule is Cc1cc(C)nc(C2CC2C(=O)Nc2cc(NCc3cn4cc(C5CC5)cc(N5CC(=O)N(C)C5=O)c4n3)ncn2)n1. The Bertz CT molecular complexity index is 1740. The number of hydrogen-bond donors (Lipinski definition) is 2. The van der Waals surface area contributed by atoms with Crippen LogP contribution >= 0.6 is 0 Å². The number of carbonyl (C=O) groups is 3. The Morgan fingerprint density at radius 2 is 1.76 bits per heavy atom. The molecule has 0 radical (unpaired) electrons. The molecule has 214 valence electrons. The van der Waals surface area contributed by atoms with Crippen molar-refractivity contribution in [1.82, 2.24) is 34.2 Å². The van der Waals surface area contributed by atoms with Crippen molar-refractivity contribution in [2.75, 3.05) is 29.1 Å². The van der Waals surface area contributed by atoms with Gasteiger partial charge in [0.15, 0.2) is 5.65 Å². The number of anilines is 3. The molecule has 1 aliphatic heterocycles. The summed E-state index contributed by atoms with van der Waals surface area (Å²) < 4.78 is 1.92. The number of aryl methyl sites for hydroxylation is 2. The van der Waals surface area contributed by atoms with E-state index >= 15 is 0 Å². The number of nitrogens with one attached hydrogen (secondary N) is 2. The Morgan fingerprint density at radius 1 is 1.00 bits per heavy atom. The number of amides is 4. The second-order valence-electron chi connectivity index (χ2n) is 11.3. The zero-order valence-corrected chi connectivity index (χ0v) is 23.5. The lowest BCUT2D eigenvalue weighted by Crippen LogP contribution is -2.30. The molecule has 2 unspecified atom stereocenters. The zero-order valence-electron chi connectivity index (χ0n) is 23.5. The van der Waals surface area contributed by atoms with Crippen LogP contribution < -0.4 is 15.5 Å². The van der Waals surface area contributed by atoms with Gasteiger partial charge in [0.05, 0.1) is 17.9 Å². The molecule has 4 aromatic heterocycles. The first kappa shape index (κ1) is 26.0. The topological polar surface area (TPSA) is 151 Å². The number of nitrogens with zero attached hydrogens (tertiary/aromatic N) is 8. The highest BCUT2D eigenvalue weighted by molar-refractivity contribution is 6.13. The minimum absolute atomic E-state index is 0.00571. The summed E-state index contributed by atoms with van der Waals surface area (Å²) in [5.41, 5.74) is 4.89. The van der Waals surface area contributed by atoms with Gasteiger partial charge in [-0.3, -0.25) is 19.4 Å². The largest absolute Gasteiger partial charge is 0.364 e. The molecule has 3 fully saturated rings. The average Bonchev–Trinajstić information content (AvgIpc) is 3.88. The van der Waals surface area contributed by atoms with E-state index in [-0.39, 0.29) is 36.2 Å². The van der Waals surface area contributed by atoms with E-state index in [9.17, 15) is 14.4 Å². The van der Waals surface area contributed by atoms with E-state index in [2.05, 4.69) is 30.6 Å². The molecular weight excluding hydrogens is 536 g/mol. The molecule has 1 saturated heterocycles. The van der Waals surface area contributed by atoms with Crippen LogP contribution in [0, 0.1) is 19.8 Å². The molecule has 3 aliphatic rings. The van der Waals surface area contributed by atoms with Gasteiger partial charge < -0.3 is 15.0 Å². The molecule has 0 spiro atoms. The quantitative estimate of drug-likeness (QED) is 0.307. The first-order valence-electron chi connectivity index (χ1n) is 14.0. The fourth-order valence-corrected chi connectivity index (χ4v) is 5.47. The van der Waals surface area contributed by atoms with Crippen molar-refractivity contribution in [3.05, 3.63) is 65.4 Å². The maximum Gasteiger partial charge on any atom is 0.331 e. The highest BCUT2D eigenvalue weighted by atomic mass is 16.2. The van der Waals surface area contributed by atoms with Gasteiger partial charge in [-0.2, -0.15) is 0 Å². The summed E-state index contributed by atoms with van der Waals surface area (Å²) in [6.07, 6.45) is 8.27. The van der Waals surface area contributed by atoms with Gasteiger partial charge in [0.2, 0.25) is 11.8 Å². The summed E-state index contributed by atoms with van der Waals surface area (Å²) in [5.74, 6) is 1.56. The fourth-order valence-electron chi connectivity index (χ4n) is 5.47. The molecule has 13 nitrogen and oxygen atoms in total. The summed E-state index contributed by atoms with van der Waals surface area (Å²) in [5, 5.41) is 6.14. The van der Waals surface area contributed by atoms with Gasteiger partial charge in [-0.05, 0) is 56.7 Å². The van der Waals surface area contributed by atoms with Crippen LogP contribution in [0.4, 0.5) is 22.1 Å². The molecule has 0 aromatic carbocycles. The van der Waals surface area contributed by atoms with Gasteiger partial charge >= 0.3 is 6.03 Å². The van der Waals surface area contributed by atoms with Crippen LogP contribution in [0.2, 0.25) is 0 Å². The lowest BCUT2D eigenvalue weighted by atomic mass is 10.1. The summed E-state index contributed by atoms with van der Waals surface area (Å²) >= 11 is 0. The zero-order chi connectivity index (χ0) is 29.1. The number of aromatic nitrogens is 6. The summed E-state index contributed by atoms with van der Waals surface area (Å²) in [7, 11) is 1.49. The van der Waals surface area contributed by atoms with E-state index in [4.69, 9.17) is 4.98 Å². The van der Waals surface area contributed by atoms with E-state index in [0.717, 1.165) is 40.4 Å². The Morgan fingerprint density at radius 3 is 2.48 bits per heavy atom. The lowest BCUT2D eigenvalue weighted by molar-refractivity contribution is -0.124. The number of pyridine rings is 1. The van der Waals surface area contributed by atoms with E-state index in [1.807, 2.05) is 42.8 Å².